The summed E-state index contributed by atoms with van der Waals surface area (Å²) in [5.41, 5.74) is 3.25. The van der Waals surface area contributed by atoms with Crippen molar-refractivity contribution in [1.82, 2.24) is 0 Å². The van der Waals surface area contributed by atoms with Gasteiger partial charge in [-0.05, 0) is 42.5 Å². The van der Waals surface area contributed by atoms with E-state index < -0.39 is 0 Å². The highest BCUT2D eigenvalue weighted by molar-refractivity contribution is 5.88. The molecule has 2 aromatic rings. The summed E-state index contributed by atoms with van der Waals surface area (Å²) in [7, 11) is 0. The molecule has 2 heteroatoms. The number of rotatable bonds is 5. The molecule has 0 spiro atoms. The fourth-order valence-corrected chi connectivity index (χ4v) is 2.18. The van der Waals surface area contributed by atoms with E-state index in [0.717, 1.165) is 17.5 Å². The quantitative estimate of drug-likeness (QED) is 0.434. The highest BCUT2D eigenvalue weighted by atomic mass is 16.5. The van der Waals surface area contributed by atoms with Crippen LogP contribution in [-0.4, -0.2) is 5.97 Å². The van der Waals surface area contributed by atoms with E-state index in [9.17, 15) is 4.79 Å². The zero-order valence-electron chi connectivity index (χ0n) is 13.4. The van der Waals surface area contributed by atoms with Gasteiger partial charge in [0.15, 0.2) is 0 Å². The first-order chi connectivity index (χ1) is 10.6. The van der Waals surface area contributed by atoms with Crippen molar-refractivity contribution in [3.63, 3.8) is 0 Å². The first-order valence-electron chi connectivity index (χ1n) is 7.65. The molecular weight excluding hydrogens is 272 g/mol. The lowest BCUT2D eigenvalue weighted by molar-refractivity contribution is -0.128. The molecule has 0 saturated carbocycles. The van der Waals surface area contributed by atoms with Crippen molar-refractivity contribution in [2.75, 3.05) is 0 Å². The summed E-state index contributed by atoms with van der Waals surface area (Å²) >= 11 is 0. The molecule has 1 unspecified atom stereocenters. The van der Waals surface area contributed by atoms with E-state index in [0.29, 0.717) is 11.7 Å². The number of para-hydroxylation sites is 1. The highest BCUT2D eigenvalue weighted by Crippen LogP contribution is 2.28. The summed E-state index contributed by atoms with van der Waals surface area (Å²) in [6, 6.07) is 15.7. The van der Waals surface area contributed by atoms with Crippen LogP contribution in [0.4, 0.5) is 0 Å². The van der Waals surface area contributed by atoms with E-state index >= 15 is 0 Å². The van der Waals surface area contributed by atoms with Gasteiger partial charge in [-0.2, -0.15) is 0 Å². The van der Waals surface area contributed by atoms with Gasteiger partial charge in [-0.15, -0.1) is 0 Å². The average molecular weight is 294 g/mol. The van der Waals surface area contributed by atoms with Crippen molar-refractivity contribution in [3.8, 4) is 5.75 Å². The number of esters is 1. The van der Waals surface area contributed by atoms with Crippen molar-refractivity contribution >= 4 is 12.0 Å². The second-order valence-electron chi connectivity index (χ2n) is 5.51. The van der Waals surface area contributed by atoms with E-state index in [1.54, 1.807) is 6.08 Å². The topological polar surface area (TPSA) is 26.3 Å². The first kappa shape index (κ1) is 16.0. The summed E-state index contributed by atoms with van der Waals surface area (Å²) < 4.78 is 5.49. The normalized spacial score (nSPS) is 12.3. The smallest absolute Gasteiger partial charge is 0.336 e. The number of carbonyl (C=O) groups excluding carboxylic acids is 1. The van der Waals surface area contributed by atoms with Gasteiger partial charge < -0.3 is 4.74 Å². The Labute approximate surface area is 132 Å². The number of ether oxygens (including phenoxy) is 1. The van der Waals surface area contributed by atoms with E-state index in [4.69, 9.17) is 4.74 Å². The van der Waals surface area contributed by atoms with Crippen molar-refractivity contribution < 1.29 is 9.53 Å². The van der Waals surface area contributed by atoms with Crippen LogP contribution in [0.25, 0.3) is 6.08 Å². The molecule has 1 atom stereocenters. The Morgan fingerprint density at radius 2 is 1.82 bits per heavy atom. The highest BCUT2D eigenvalue weighted by Gasteiger charge is 2.11. The monoisotopic (exact) mass is 294 g/mol. The fourth-order valence-electron chi connectivity index (χ4n) is 2.18. The molecule has 2 aromatic carbocycles. The molecule has 0 aliphatic heterocycles. The molecule has 0 saturated heterocycles. The second kappa shape index (κ2) is 7.60. The standard InChI is InChI=1S/C20H22O2/c1-4-16(3)18-7-5-6-8-19(18)22-20(21)14-13-17-11-9-15(2)10-12-17/h5-14,16H,4H2,1-3H3/b14-13+. The van der Waals surface area contributed by atoms with Crippen LogP contribution in [0.2, 0.25) is 0 Å². The zero-order valence-corrected chi connectivity index (χ0v) is 13.4. The summed E-state index contributed by atoms with van der Waals surface area (Å²) in [4.78, 5) is 12.0. The molecule has 22 heavy (non-hydrogen) atoms. The molecule has 0 radical (unpaired) electrons. The molecule has 0 amide bonds. The summed E-state index contributed by atoms with van der Waals surface area (Å²) in [6.45, 7) is 6.29. The van der Waals surface area contributed by atoms with Gasteiger partial charge in [0.1, 0.15) is 5.75 Å². The van der Waals surface area contributed by atoms with Crippen molar-refractivity contribution in [2.45, 2.75) is 33.1 Å². The molecule has 2 nitrogen and oxygen atoms in total. The van der Waals surface area contributed by atoms with Gasteiger partial charge in [-0.25, -0.2) is 4.79 Å². The Kier molecular flexibility index (Phi) is 5.54. The maximum atomic E-state index is 12.0. The van der Waals surface area contributed by atoms with E-state index in [2.05, 4.69) is 13.8 Å². The molecular formula is C20H22O2. The van der Waals surface area contributed by atoms with Crippen LogP contribution >= 0.6 is 0 Å². The molecule has 0 bridgehead atoms. The molecule has 0 heterocycles. The van der Waals surface area contributed by atoms with Gasteiger partial charge in [0.2, 0.25) is 0 Å². The zero-order chi connectivity index (χ0) is 15.9. The lowest BCUT2D eigenvalue weighted by Gasteiger charge is -2.13. The van der Waals surface area contributed by atoms with Crippen molar-refractivity contribution in [1.29, 1.82) is 0 Å². The van der Waals surface area contributed by atoms with E-state index in [1.807, 2.05) is 55.5 Å². The van der Waals surface area contributed by atoms with Crippen LogP contribution in [0.5, 0.6) is 5.75 Å². The van der Waals surface area contributed by atoms with Gasteiger partial charge in [0.25, 0.3) is 0 Å². The van der Waals surface area contributed by atoms with Crippen LogP contribution in [0, 0.1) is 6.92 Å². The predicted molar refractivity (Wildman–Crippen MR) is 91.0 cm³/mol. The summed E-state index contributed by atoms with van der Waals surface area (Å²) in [5, 5.41) is 0. The number of aryl methyl sites for hydroxylation is 1. The van der Waals surface area contributed by atoms with Crippen LogP contribution in [-0.2, 0) is 4.79 Å². The fraction of sp³-hybridized carbons (Fsp3) is 0.250. The van der Waals surface area contributed by atoms with Crippen LogP contribution in [0.1, 0.15) is 42.9 Å². The minimum Gasteiger partial charge on any atom is -0.423 e. The number of benzene rings is 2. The third kappa shape index (κ3) is 4.32. The van der Waals surface area contributed by atoms with Gasteiger partial charge in [0.05, 0.1) is 0 Å². The minimum absolute atomic E-state index is 0.351. The van der Waals surface area contributed by atoms with E-state index in [-0.39, 0.29) is 5.97 Å². The van der Waals surface area contributed by atoms with Gasteiger partial charge in [0, 0.05) is 6.08 Å². The number of hydrogen-bond acceptors (Lipinski definition) is 2. The third-order valence-corrected chi connectivity index (χ3v) is 3.76. The largest absolute Gasteiger partial charge is 0.423 e. The Hall–Kier alpha value is -2.35. The third-order valence-electron chi connectivity index (χ3n) is 3.76. The first-order valence-corrected chi connectivity index (χ1v) is 7.65. The molecule has 0 aliphatic rings. The van der Waals surface area contributed by atoms with Crippen molar-refractivity contribution in [2.24, 2.45) is 0 Å². The maximum Gasteiger partial charge on any atom is 0.336 e. The maximum absolute atomic E-state index is 12.0. The second-order valence-corrected chi connectivity index (χ2v) is 5.51. The Morgan fingerprint density at radius 1 is 1.14 bits per heavy atom. The van der Waals surface area contributed by atoms with Crippen LogP contribution in [0.3, 0.4) is 0 Å². The van der Waals surface area contributed by atoms with Gasteiger partial charge >= 0.3 is 5.97 Å². The molecule has 0 aliphatic carbocycles. The molecule has 2 rings (SSSR count). The number of hydrogen-bond donors (Lipinski definition) is 0. The average Bonchev–Trinajstić information content (AvgIpc) is 2.54. The summed E-state index contributed by atoms with van der Waals surface area (Å²) in [5.74, 6) is 0.664. The Bertz CT molecular complexity index is 654. The Morgan fingerprint density at radius 3 is 2.50 bits per heavy atom. The predicted octanol–water partition coefficient (Wildman–Crippen LogP) is 5.13. The Balaban J connectivity index is 2.08. The SMILES string of the molecule is CCC(C)c1ccccc1OC(=O)/C=C/c1ccc(C)cc1. The van der Waals surface area contributed by atoms with Gasteiger partial charge in [-0.1, -0.05) is 61.9 Å². The van der Waals surface area contributed by atoms with Crippen LogP contribution in [0.15, 0.2) is 54.6 Å². The minimum atomic E-state index is -0.351. The molecule has 0 fully saturated rings. The summed E-state index contributed by atoms with van der Waals surface area (Å²) in [6.07, 6.45) is 4.25. The molecule has 114 valence electrons. The molecule has 0 aromatic heterocycles. The van der Waals surface area contributed by atoms with Gasteiger partial charge in [-0.3, -0.25) is 0 Å². The molecule has 0 N–H and O–H groups in total. The lowest BCUT2D eigenvalue weighted by atomic mass is 9.98. The van der Waals surface area contributed by atoms with Crippen molar-refractivity contribution in [3.05, 3.63) is 71.3 Å². The van der Waals surface area contributed by atoms with Crippen LogP contribution < -0.4 is 4.74 Å². The lowest BCUT2D eigenvalue weighted by Crippen LogP contribution is -2.06. The number of carbonyl (C=O) groups is 1. The van der Waals surface area contributed by atoms with E-state index in [1.165, 1.54) is 11.6 Å².